The number of hydrogen-bond donors (Lipinski definition) is 1. The second kappa shape index (κ2) is 8.79. The number of alkyl halides is 3. The Labute approximate surface area is 173 Å². The summed E-state index contributed by atoms with van der Waals surface area (Å²) in [6.07, 6.45) is -2.27. The number of nitrogens with one attached hydrogen (secondary N) is 1. The molecule has 2 fully saturated rings. The van der Waals surface area contributed by atoms with Crippen LogP contribution in [-0.2, 0) is 21.0 Å². The quantitative estimate of drug-likeness (QED) is 0.689. The van der Waals surface area contributed by atoms with Crippen LogP contribution in [0.3, 0.4) is 0 Å². The fourth-order valence-electron chi connectivity index (χ4n) is 3.27. The third kappa shape index (κ3) is 6.07. The van der Waals surface area contributed by atoms with Crippen molar-refractivity contribution < 1.29 is 26.4 Å². The van der Waals surface area contributed by atoms with Crippen LogP contribution in [0.15, 0.2) is 23.1 Å². The summed E-state index contributed by atoms with van der Waals surface area (Å²) in [6.45, 7) is 3.70. The number of sulfonamides is 1. The maximum absolute atomic E-state index is 12.9. The van der Waals surface area contributed by atoms with Crippen LogP contribution >= 0.6 is 11.6 Å². The highest BCUT2D eigenvalue weighted by Crippen LogP contribution is 2.35. The van der Waals surface area contributed by atoms with E-state index >= 15 is 0 Å². The van der Waals surface area contributed by atoms with Crippen LogP contribution in [0.25, 0.3) is 0 Å². The van der Waals surface area contributed by atoms with Crippen molar-refractivity contribution in [1.82, 2.24) is 14.5 Å². The molecule has 1 heterocycles. The summed E-state index contributed by atoms with van der Waals surface area (Å²) in [5, 5.41) is -0.576. The highest BCUT2D eigenvalue weighted by atomic mass is 35.5. The Balaban J connectivity index is 1.50. The first-order chi connectivity index (χ1) is 13.6. The number of nitrogens with zero attached hydrogens (tertiary/aromatic N) is 2. The number of carbonyl (C=O) groups excluding carboxylic acids is 1. The number of amides is 1. The van der Waals surface area contributed by atoms with E-state index in [-0.39, 0.29) is 18.9 Å². The number of hydrogen-bond acceptors (Lipinski definition) is 4. The van der Waals surface area contributed by atoms with E-state index < -0.39 is 31.7 Å². The van der Waals surface area contributed by atoms with Gasteiger partial charge in [-0.05, 0) is 37.0 Å². The van der Waals surface area contributed by atoms with Crippen LogP contribution < -0.4 is 4.72 Å². The first-order valence-corrected chi connectivity index (χ1v) is 11.3. The molecule has 11 heteroatoms. The number of piperazine rings is 1. The molecule has 0 bridgehead atoms. The summed E-state index contributed by atoms with van der Waals surface area (Å²) in [4.78, 5) is 15.8. The summed E-state index contributed by atoms with van der Waals surface area (Å²) in [7, 11) is -4.19. The number of benzene rings is 1. The maximum atomic E-state index is 12.9. The Hall–Kier alpha value is -1.36. The average molecular weight is 454 g/mol. The van der Waals surface area contributed by atoms with Crippen molar-refractivity contribution in [2.75, 3.05) is 39.3 Å². The lowest BCUT2D eigenvalue weighted by Gasteiger charge is -2.34. The van der Waals surface area contributed by atoms with Gasteiger partial charge < -0.3 is 4.90 Å². The molecule has 3 rings (SSSR count). The molecule has 1 aromatic carbocycles. The second-order valence-electron chi connectivity index (χ2n) is 7.41. The van der Waals surface area contributed by atoms with E-state index in [1.807, 2.05) is 0 Å². The van der Waals surface area contributed by atoms with Gasteiger partial charge in [0.25, 0.3) is 0 Å². The number of carbonyl (C=O) groups is 1. The van der Waals surface area contributed by atoms with Crippen molar-refractivity contribution in [3.8, 4) is 0 Å². The van der Waals surface area contributed by atoms with Gasteiger partial charge in [0.15, 0.2) is 0 Å². The van der Waals surface area contributed by atoms with Crippen molar-refractivity contribution in [2.24, 2.45) is 5.92 Å². The Morgan fingerprint density at radius 1 is 1.17 bits per heavy atom. The first-order valence-electron chi connectivity index (χ1n) is 9.43. The Bertz CT molecular complexity index is 852. The smallest absolute Gasteiger partial charge is 0.340 e. The largest absolute Gasteiger partial charge is 0.417 e. The highest BCUT2D eigenvalue weighted by Gasteiger charge is 2.34. The predicted octanol–water partition coefficient (Wildman–Crippen LogP) is 2.58. The number of halogens is 4. The zero-order valence-corrected chi connectivity index (χ0v) is 17.3. The summed E-state index contributed by atoms with van der Waals surface area (Å²) < 4.78 is 65.5. The fraction of sp³-hybridized carbons (Fsp3) is 0.611. The monoisotopic (exact) mass is 453 g/mol. The van der Waals surface area contributed by atoms with Gasteiger partial charge in [-0.15, -0.1) is 0 Å². The lowest BCUT2D eigenvalue weighted by atomic mass is 10.2. The molecule has 1 saturated heterocycles. The van der Waals surface area contributed by atoms with E-state index in [4.69, 9.17) is 11.6 Å². The van der Waals surface area contributed by atoms with Crippen molar-refractivity contribution in [2.45, 2.75) is 30.3 Å². The van der Waals surface area contributed by atoms with Gasteiger partial charge in [0.1, 0.15) is 0 Å². The lowest BCUT2D eigenvalue weighted by Crippen LogP contribution is -2.49. The Kier molecular flexibility index (Phi) is 6.77. The normalized spacial score (nSPS) is 18.8. The fourth-order valence-corrected chi connectivity index (χ4v) is 4.55. The Morgan fingerprint density at radius 3 is 2.41 bits per heavy atom. The van der Waals surface area contributed by atoms with E-state index in [9.17, 15) is 26.4 Å². The molecule has 2 aliphatic rings. The van der Waals surface area contributed by atoms with Crippen molar-refractivity contribution >= 4 is 27.5 Å². The van der Waals surface area contributed by atoms with Gasteiger partial charge in [-0.25, -0.2) is 13.1 Å². The minimum absolute atomic E-state index is 0.0540. The molecule has 0 atom stereocenters. The molecule has 1 amide bonds. The SMILES string of the molecule is O=C(CCNS(=O)(=O)c1ccc(Cl)c(C(F)(F)F)c1)N1CCN(CC2CC2)CC1. The van der Waals surface area contributed by atoms with Crippen LogP contribution in [0.4, 0.5) is 13.2 Å². The third-order valence-electron chi connectivity index (χ3n) is 5.12. The van der Waals surface area contributed by atoms with E-state index in [1.165, 1.54) is 12.8 Å². The second-order valence-corrected chi connectivity index (χ2v) is 9.59. The van der Waals surface area contributed by atoms with Crippen LogP contribution in [0.2, 0.25) is 5.02 Å². The van der Waals surface area contributed by atoms with Gasteiger partial charge in [-0.2, -0.15) is 13.2 Å². The predicted molar refractivity (Wildman–Crippen MR) is 102 cm³/mol. The summed E-state index contributed by atoms with van der Waals surface area (Å²) in [5.74, 6) is 0.614. The van der Waals surface area contributed by atoms with E-state index in [2.05, 4.69) is 9.62 Å². The van der Waals surface area contributed by atoms with Crippen LogP contribution in [-0.4, -0.2) is 63.4 Å². The van der Waals surface area contributed by atoms with Crippen molar-refractivity contribution in [3.05, 3.63) is 28.8 Å². The summed E-state index contributed by atoms with van der Waals surface area (Å²) in [6, 6.07) is 2.39. The van der Waals surface area contributed by atoms with E-state index in [1.54, 1.807) is 4.90 Å². The highest BCUT2D eigenvalue weighted by molar-refractivity contribution is 7.89. The molecule has 0 unspecified atom stereocenters. The van der Waals surface area contributed by atoms with Gasteiger partial charge >= 0.3 is 6.18 Å². The average Bonchev–Trinajstić information content (AvgIpc) is 3.45. The molecule has 0 spiro atoms. The molecule has 0 aromatic heterocycles. The van der Waals surface area contributed by atoms with Crippen LogP contribution in [0.5, 0.6) is 0 Å². The molecule has 1 N–H and O–H groups in total. The Morgan fingerprint density at radius 2 is 1.83 bits per heavy atom. The minimum atomic E-state index is -4.76. The molecule has 1 aromatic rings. The topological polar surface area (TPSA) is 69.7 Å². The van der Waals surface area contributed by atoms with Gasteiger partial charge in [0.05, 0.1) is 15.5 Å². The molecule has 1 saturated carbocycles. The summed E-state index contributed by atoms with van der Waals surface area (Å²) >= 11 is 5.52. The molecular weight excluding hydrogens is 431 g/mol. The zero-order chi connectivity index (χ0) is 21.2. The molecule has 6 nitrogen and oxygen atoms in total. The van der Waals surface area contributed by atoms with E-state index in [0.29, 0.717) is 19.2 Å². The van der Waals surface area contributed by atoms with Gasteiger partial charge in [-0.3, -0.25) is 9.69 Å². The van der Waals surface area contributed by atoms with Crippen molar-refractivity contribution in [1.29, 1.82) is 0 Å². The number of rotatable bonds is 7. The molecule has 0 radical (unpaired) electrons. The first kappa shape index (κ1) is 22.3. The molecule has 1 aliphatic heterocycles. The van der Waals surface area contributed by atoms with E-state index in [0.717, 1.165) is 37.7 Å². The maximum Gasteiger partial charge on any atom is 0.417 e. The molecule has 162 valence electrons. The standard InChI is InChI=1S/C18H23ClF3N3O3S/c19-16-4-3-14(11-15(16)18(20,21)22)29(27,28)23-6-5-17(26)25-9-7-24(8-10-25)12-13-1-2-13/h3-4,11,13,23H,1-2,5-10,12H2. The lowest BCUT2D eigenvalue weighted by molar-refractivity contribution is -0.137. The summed E-state index contributed by atoms with van der Waals surface area (Å²) in [5.41, 5.74) is -1.22. The molecule has 29 heavy (non-hydrogen) atoms. The minimum Gasteiger partial charge on any atom is -0.340 e. The third-order valence-corrected chi connectivity index (χ3v) is 6.91. The van der Waals surface area contributed by atoms with Crippen LogP contribution in [0, 0.1) is 5.92 Å². The van der Waals surface area contributed by atoms with Crippen molar-refractivity contribution in [3.63, 3.8) is 0 Å². The van der Waals surface area contributed by atoms with Gasteiger partial charge in [-0.1, -0.05) is 11.6 Å². The van der Waals surface area contributed by atoms with Crippen LogP contribution in [0.1, 0.15) is 24.8 Å². The molecular formula is C18H23ClF3N3O3S. The zero-order valence-electron chi connectivity index (χ0n) is 15.7. The molecule has 1 aliphatic carbocycles. The van der Waals surface area contributed by atoms with Gasteiger partial charge in [0, 0.05) is 45.7 Å². The van der Waals surface area contributed by atoms with Gasteiger partial charge in [0.2, 0.25) is 15.9 Å².